The Morgan fingerprint density at radius 3 is 2.47 bits per heavy atom. The van der Waals surface area contributed by atoms with Gasteiger partial charge in [0.1, 0.15) is 0 Å². The van der Waals surface area contributed by atoms with Crippen LogP contribution in [0, 0.1) is 0 Å². The Kier molecular flexibility index (Phi) is 15.2. The molecule has 5 nitrogen and oxygen atoms in total. The van der Waals surface area contributed by atoms with Crippen LogP contribution >= 0.6 is 0 Å². The van der Waals surface area contributed by atoms with Crippen molar-refractivity contribution in [1.29, 1.82) is 0 Å². The Balaban J connectivity index is 1.69. The minimum Gasteiger partial charge on any atom is -0.351 e. The van der Waals surface area contributed by atoms with Crippen molar-refractivity contribution in [2.45, 2.75) is 84.2 Å². The molecule has 2 heterocycles. The quantitative estimate of drug-likeness (QED) is 0.0645. The molecule has 0 bridgehead atoms. The molecular weight excluding hydrogens is 647 g/mol. The SMILES string of the molecule is C/C=C\C=C/CCNN=C(NCN1C2=C(C/C=C/C=C\C/C=C\C1(C)/C1=C(\C)C/C=C\C=C/C(C)N1c1ccccc1)CCCC=C2)c1ccccc1. The van der Waals surface area contributed by atoms with Crippen LogP contribution in [0.4, 0.5) is 5.69 Å². The van der Waals surface area contributed by atoms with Crippen LogP contribution in [0.2, 0.25) is 0 Å². The Hall–Kier alpha value is -5.29. The summed E-state index contributed by atoms with van der Waals surface area (Å²) in [5, 5.41) is 8.85. The van der Waals surface area contributed by atoms with Crippen LogP contribution in [-0.2, 0) is 0 Å². The van der Waals surface area contributed by atoms with Gasteiger partial charge in [-0.2, -0.15) is 5.10 Å². The van der Waals surface area contributed by atoms with Crippen molar-refractivity contribution in [3.63, 3.8) is 0 Å². The summed E-state index contributed by atoms with van der Waals surface area (Å²) in [6, 6.07) is 21.5. The van der Waals surface area contributed by atoms with Gasteiger partial charge in [0.05, 0.1) is 12.2 Å². The highest BCUT2D eigenvalue weighted by molar-refractivity contribution is 5.98. The predicted octanol–water partition coefficient (Wildman–Crippen LogP) is 11.2. The van der Waals surface area contributed by atoms with E-state index in [1.54, 1.807) is 0 Å². The molecule has 0 aromatic heterocycles. The van der Waals surface area contributed by atoms with Gasteiger partial charge in [-0.15, -0.1) is 0 Å². The highest BCUT2D eigenvalue weighted by Gasteiger charge is 2.41. The first-order valence-electron chi connectivity index (χ1n) is 19.4. The summed E-state index contributed by atoms with van der Waals surface area (Å²) in [5.41, 5.74) is 10.4. The molecule has 2 aliphatic heterocycles. The summed E-state index contributed by atoms with van der Waals surface area (Å²) in [6.45, 7) is 10.4. The third-order valence-electron chi connectivity index (χ3n) is 9.93. The second-order valence-corrected chi connectivity index (χ2v) is 14.0. The Labute approximate surface area is 319 Å². The maximum Gasteiger partial charge on any atom is 0.154 e. The number of anilines is 1. The average Bonchev–Trinajstić information content (AvgIpc) is 3.37. The van der Waals surface area contributed by atoms with Gasteiger partial charge < -0.3 is 20.5 Å². The van der Waals surface area contributed by atoms with E-state index in [1.165, 1.54) is 28.2 Å². The van der Waals surface area contributed by atoms with Crippen LogP contribution < -0.4 is 15.6 Å². The van der Waals surface area contributed by atoms with E-state index in [-0.39, 0.29) is 6.04 Å². The lowest BCUT2D eigenvalue weighted by molar-refractivity contribution is 0.222. The van der Waals surface area contributed by atoms with Crippen molar-refractivity contribution >= 4 is 11.5 Å². The molecule has 2 N–H and O–H groups in total. The van der Waals surface area contributed by atoms with Crippen molar-refractivity contribution in [1.82, 2.24) is 15.6 Å². The number of amidine groups is 1. The lowest BCUT2D eigenvalue weighted by atomic mass is 9.86. The fraction of sp³-hybridized carbons (Fsp3) is 0.312. The van der Waals surface area contributed by atoms with Crippen molar-refractivity contribution in [3.8, 4) is 0 Å². The highest BCUT2D eigenvalue weighted by atomic mass is 15.4. The van der Waals surface area contributed by atoms with Gasteiger partial charge in [0, 0.05) is 35.2 Å². The van der Waals surface area contributed by atoms with Crippen LogP contribution in [0.3, 0.4) is 0 Å². The molecule has 0 saturated carbocycles. The molecular formula is C48H59N5. The zero-order chi connectivity index (χ0) is 37.1. The second-order valence-electron chi connectivity index (χ2n) is 14.0. The van der Waals surface area contributed by atoms with Gasteiger partial charge in [-0.1, -0.05) is 140 Å². The van der Waals surface area contributed by atoms with E-state index in [0.29, 0.717) is 6.67 Å². The van der Waals surface area contributed by atoms with E-state index in [9.17, 15) is 0 Å². The van der Waals surface area contributed by atoms with Crippen molar-refractivity contribution in [3.05, 3.63) is 186 Å². The minimum atomic E-state index is -0.563. The third-order valence-corrected chi connectivity index (χ3v) is 9.93. The molecule has 0 fully saturated rings. The smallest absolute Gasteiger partial charge is 0.154 e. The first kappa shape index (κ1) is 38.9. The molecule has 5 heteroatoms. The fourth-order valence-electron chi connectivity index (χ4n) is 7.27. The molecule has 1 aliphatic carbocycles. The van der Waals surface area contributed by atoms with E-state index in [0.717, 1.165) is 62.9 Å². The summed E-state index contributed by atoms with van der Waals surface area (Å²) in [6.07, 6.45) is 42.7. The number of nitrogens with one attached hydrogen (secondary N) is 2. The average molecular weight is 706 g/mol. The monoisotopic (exact) mass is 705 g/mol. The third kappa shape index (κ3) is 10.9. The number of nitrogens with zero attached hydrogens (tertiary/aromatic N) is 3. The number of hydrogen-bond acceptors (Lipinski definition) is 4. The van der Waals surface area contributed by atoms with E-state index >= 15 is 0 Å². The molecule has 0 spiro atoms. The van der Waals surface area contributed by atoms with Crippen LogP contribution in [0.15, 0.2) is 186 Å². The van der Waals surface area contributed by atoms with Crippen molar-refractivity contribution in [2.75, 3.05) is 18.1 Å². The molecule has 0 radical (unpaired) electrons. The first-order valence-corrected chi connectivity index (χ1v) is 19.4. The molecule has 2 aromatic rings. The number of hydrazone groups is 1. The van der Waals surface area contributed by atoms with Gasteiger partial charge in [-0.3, -0.25) is 0 Å². The molecule has 276 valence electrons. The topological polar surface area (TPSA) is 42.9 Å². The Morgan fingerprint density at radius 1 is 0.906 bits per heavy atom. The normalized spacial score (nSPS) is 26.0. The van der Waals surface area contributed by atoms with Crippen LogP contribution in [-0.4, -0.2) is 35.5 Å². The lowest BCUT2D eigenvalue weighted by Crippen LogP contribution is -2.55. The van der Waals surface area contributed by atoms with Gasteiger partial charge >= 0.3 is 0 Å². The predicted molar refractivity (Wildman–Crippen MR) is 228 cm³/mol. The number of rotatable bonds is 10. The van der Waals surface area contributed by atoms with Crippen molar-refractivity contribution in [2.24, 2.45) is 5.10 Å². The Bertz CT molecular complexity index is 1800. The van der Waals surface area contributed by atoms with Gasteiger partial charge in [-0.25, -0.2) is 0 Å². The maximum absolute atomic E-state index is 4.98. The van der Waals surface area contributed by atoms with Gasteiger partial charge in [-0.05, 0) is 102 Å². The van der Waals surface area contributed by atoms with Crippen LogP contribution in [0.5, 0.6) is 0 Å². The van der Waals surface area contributed by atoms with E-state index < -0.39 is 5.54 Å². The van der Waals surface area contributed by atoms with Crippen LogP contribution in [0.25, 0.3) is 0 Å². The second kappa shape index (κ2) is 20.7. The molecule has 2 unspecified atom stereocenters. The van der Waals surface area contributed by atoms with Gasteiger partial charge in [0.2, 0.25) is 0 Å². The number of hydrogen-bond donors (Lipinski definition) is 2. The first-order chi connectivity index (χ1) is 26.0. The summed E-state index contributed by atoms with van der Waals surface area (Å²) in [4.78, 5) is 5.18. The molecule has 0 saturated heterocycles. The van der Waals surface area contributed by atoms with Crippen LogP contribution in [0.1, 0.15) is 78.2 Å². The minimum absolute atomic E-state index is 0.111. The molecule has 5 rings (SSSR count). The lowest BCUT2D eigenvalue weighted by Gasteiger charge is -2.49. The molecule has 2 atom stereocenters. The van der Waals surface area contributed by atoms with Crippen molar-refractivity contribution < 1.29 is 0 Å². The maximum atomic E-state index is 4.98. The zero-order valence-electron chi connectivity index (χ0n) is 32.3. The van der Waals surface area contributed by atoms with Gasteiger partial charge in [0.25, 0.3) is 0 Å². The van der Waals surface area contributed by atoms with E-state index in [4.69, 9.17) is 5.10 Å². The molecule has 53 heavy (non-hydrogen) atoms. The number of allylic oxidation sites excluding steroid dienone is 15. The summed E-state index contributed by atoms with van der Waals surface area (Å²) in [5.74, 6) is 0.822. The zero-order valence-corrected chi connectivity index (χ0v) is 32.3. The summed E-state index contributed by atoms with van der Waals surface area (Å²) in [7, 11) is 0. The Morgan fingerprint density at radius 2 is 1.66 bits per heavy atom. The number of para-hydroxylation sites is 1. The number of benzene rings is 2. The molecule has 0 amide bonds. The van der Waals surface area contributed by atoms with Gasteiger partial charge in [0.15, 0.2) is 5.84 Å². The largest absolute Gasteiger partial charge is 0.351 e. The van der Waals surface area contributed by atoms with E-state index in [2.05, 4.69) is 193 Å². The molecule has 3 aliphatic rings. The fourth-order valence-corrected chi connectivity index (χ4v) is 7.27. The standard InChI is InChI=1S/C48H59N5/c1-5-6-7-12-27-38-50-51-47(43-32-21-14-22-33-43)49-39-52-45-36-25-15-20-31-42(45)30-19-10-8-9-11-26-37-48(52,4)46-40(2)28-17-13-18-29-41(3)53(46)44-34-23-16-24-35-44/h5-10,12-14,16-19,21-26,29,32-37,41,50H,11,15,20,27-28,30-31,38-39H2,1-4H3,(H,49,51)/b6-5-,9-8-,12-7-,17-13-,19-10+,29-18-,37-26-,46-40-. The summed E-state index contributed by atoms with van der Waals surface area (Å²) >= 11 is 0. The van der Waals surface area contributed by atoms with E-state index in [1.807, 2.05) is 13.0 Å². The summed E-state index contributed by atoms with van der Waals surface area (Å²) < 4.78 is 0. The highest BCUT2D eigenvalue weighted by Crippen LogP contribution is 2.41. The molecule has 2 aromatic carbocycles.